The average molecular weight is 356 g/mol. The Balaban J connectivity index is 1.34. The van der Waals surface area contributed by atoms with Crippen LogP contribution in [0.5, 0.6) is 5.75 Å². The second-order valence-corrected chi connectivity index (χ2v) is 6.84. The Morgan fingerprint density at radius 3 is 3.19 bits per heavy atom. The van der Waals surface area contributed by atoms with E-state index < -0.39 is 0 Å². The summed E-state index contributed by atoms with van der Waals surface area (Å²) in [5.41, 5.74) is 2.49. The van der Waals surface area contributed by atoms with Gasteiger partial charge in [-0.25, -0.2) is 4.98 Å². The minimum Gasteiger partial charge on any atom is -0.493 e. The number of nitrogens with zero attached hydrogens (tertiary/aromatic N) is 3. The van der Waals surface area contributed by atoms with Crippen molar-refractivity contribution in [1.29, 1.82) is 0 Å². The molecule has 3 heterocycles. The normalized spacial score (nSPS) is 19.8. The highest BCUT2D eigenvalue weighted by atomic mass is 16.5. The Morgan fingerprint density at radius 1 is 1.35 bits per heavy atom. The lowest BCUT2D eigenvalue weighted by molar-refractivity contribution is -0.0240. The van der Waals surface area contributed by atoms with E-state index in [0.717, 1.165) is 38.4 Å². The predicted octanol–water partition coefficient (Wildman–Crippen LogP) is 1.03. The summed E-state index contributed by atoms with van der Waals surface area (Å²) >= 11 is 0. The number of morpholine rings is 1. The fourth-order valence-electron chi connectivity index (χ4n) is 3.47. The van der Waals surface area contributed by atoms with Crippen LogP contribution in [0.25, 0.3) is 0 Å². The Bertz CT molecular complexity index is 836. The molecule has 0 radical (unpaired) electrons. The molecule has 1 aromatic carbocycles. The molecule has 1 fully saturated rings. The summed E-state index contributed by atoms with van der Waals surface area (Å²) in [7, 11) is 1.72. The molecule has 2 aromatic rings. The van der Waals surface area contributed by atoms with Crippen molar-refractivity contribution >= 4 is 5.82 Å². The van der Waals surface area contributed by atoms with Crippen LogP contribution in [-0.4, -0.2) is 53.4 Å². The van der Waals surface area contributed by atoms with Gasteiger partial charge in [0.25, 0.3) is 5.56 Å². The molecular formula is C19H24N4O3. The number of fused-ring (bicyclic) bond motifs is 1. The number of ether oxygens (including phenoxy) is 2. The van der Waals surface area contributed by atoms with Crippen molar-refractivity contribution in [2.24, 2.45) is 7.05 Å². The molecular weight excluding hydrogens is 332 g/mol. The van der Waals surface area contributed by atoms with E-state index in [2.05, 4.69) is 33.4 Å². The summed E-state index contributed by atoms with van der Waals surface area (Å²) in [6.45, 7) is 4.69. The Labute approximate surface area is 152 Å². The summed E-state index contributed by atoms with van der Waals surface area (Å²) in [5.74, 6) is 1.39. The van der Waals surface area contributed by atoms with Gasteiger partial charge in [0.1, 0.15) is 5.75 Å². The van der Waals surface area contributed by atoms with Gasteiger partial charge in [0, 0.05) is 52.0 Å². The van der Waals surface area contributed by atoms with Gasteiger partial charge in [0.05, 0.1) is 19.3 Å². The van der Waals surface area contributed by atoms with Crippen molar-refractivity contribution in [3.63, 3.8) is 0 Å². The van der Waals surface area contributed by atoms with Crippen LogP contribution in [0.15, 0.2) is 35.4 Å². The zero-order valence-electron chi connectivity index (χ0n) is 15.0. The maximum absolute atomic E-state index is 12.0. The first-order chi connectivity index (χ1) is 12.7. The summed E-state index contributed by atoms with van der Waals surface area (Å²) in [6.07, 6.45) is 4.30. The van der Waals surface area contributed by atoms with Gasteiger partial charge in [-0.15, -0.1) is 0 Å². The van der Waals surface area contributed by atoms with E-state index >= 15 is 0 Å². The van der Waals surface area contributed by atoms with Crippen LogP contribution in [0.4, 0.5) is 5.82 Å². The molecule has 0 unspecified atom stereocenters. The summed E-state index contributed by atoms with van der Waals surface area (Å²) in [6, 6.07) is 6.47. The van der Waals surface area contributed by atoms with E-state index in [1.54, 1.807) is 19.4 Å². The lowest BCUT2D eigenvalue weighted by Gasteiger charge is -2.33. The van der Waals surface area contributed by atoms with Crippen LogP contribution < -0.4 is 15.6 Å². The third-order valence-corrected chi connectivity index (χ3v) is 4.90. The Morgan fingerprint density at radius 2 is 2.27 bits per heavy atom. The number of anilines is 1. The molecule has 7 heteroatoms. The molecule has 7 nitrogen and oxygen atoms in total. The number of aryl methyl sites for hydroxylation is 1. The van der Waals surface area contributed by atoms with Crippen molar-refractivity contribution in [3.05, 3.63) is 52.1 Å². The molecule has 0 bridgehead atoms. The van der Waals surface area contributed by atoms with Crippen molar-refractivity contribution in [2.45, 2.75) is 19.1 Å². The molecule has 0 saturated carbocycles. The molecule has 2 aliphatic heterocycles. The summed E-state index contributed by atoms with van der Waals surface area (Å²) in [5, 5.41) is 3.13. The van der Waals surface area contributed by atoms with Gasteiger partial charge >= 0.3 is 0 Å². The standard InChI is InChI=1S/C19H24N4O3/c1-22-6-5-20-18(19(22)24)21-11-16-13-23(7-9-25-16)12-14-2-3-17-15(10-14)4-8-26-17/h2-3,5-6,10,16H,4,7-9,11-13H2,1H3,(H,20,21)/t16-/m0/s1. The first kappa shape index (κ1) is 17.1. The maximum Gasteiger partial charge on any atom is 0.293 e. The van der Waals surface area contributed by atoms with Crippen LogP contribution in [0.1, 0.15) is 11.1 Å². The number of benzene rings is 1. The molecule has 138 valence electrons. The third-order valence-electron chi connectivity index (χ3n) is 4.90. The first-order valence-corrected chi connectivity index (χ1v) is 9.03. The molecule has 26 heavy (non-hydrogen) atoms. The number of nitrogens with one attached hydrogen (secondary N) is 1. The largest absolute Gasteiger partial charge is 0.493 e. The second kappa shape index (κ2) is 7.47. The molecule has 0 aliphatic carbocycles. The van der Waals surface area contributed by atoms with Crippen molar-refractivity contribution in [3.8, 4) is 5.75 Å². The van der Waals surface area contributed by atoms with Gasteiger partial charge in [-0.2, -0.15) is 0 Å². The van der Waals surface area contributed by atoms with Crippen LogP contribution in [-0.2, 0) is 24.8 Å². The molecule has 4 rings (SSSR count). The van der Waals surface area contributed by atoms with E-state index in [0.29, 0.717) is 19.0 Å². The van der Waals surface area contributed by atoms with Crippen molar-refractivity contribution < 1.29 is 9.47 Å². The van der Waals surface area contributed by atoms with E-state index in [1.807, 2.05) is 0 Å². The fourth-order valence-corrected chi connectivity index (χ4v) is 3.47. The molecule has 1 atom stereocenters. The lowest BCUT2D eigenvalue weighted by atomic mass is 10.1. The van der Waals surface area contributed by atoms with E-state index in [1.165, 1.54) is 15.7 Å². The van der Waals surface area contributed by atoms with Gasteiger partial charge in [-0.3, -0.25) is 9.69 Å². The van der Waals surface area contributed by atoms with Crippen LogP contribution in [0.3, 0.4) is 0 Å². The fraction of sp³-hybridized carbons (Fsp3) is 0.474. The Hall–Kier alpha value is -2.38. The van der Waals surface area contributed by atoms with E-state index in [-0.39, 0.29) is 11.7 Å². The van der Waals surface area contributed by atoms with Crippen LogP contribution >= 0.6 is 0 Å². The molecule has 1 saturated heterocycles. The number of hydrogen-bond donors (Lipinski definition) is 1. The molecule has 1 aromatic heterocycles. The average Bonchev–Trinajstić information content (AvgIpc) is 3.11. The van der Waals surface area contributed by atoms with Crippen LogP contribution in [0, 0.1) is 0 Å². The van der Waals surface area contributed by atoms with Crippen molar-refractivity contribution in [1.82, 2.24) is 14.5 Å². The quantitative estimate of drug-likeness (QED) is 0.863. The van der Waals surface area contributed by atoms with E-state index in [4.69, 9.17) is 9.47 Å². The van der Waals surface area contributed by atoms with Gasteiger partial charge < -0.3 is 19.4 Å². The Kier molecular flexibility index (Phi) is 4.90. The smallest absolute Gasteiger partial charge is 0.293 e. The highest BCUT2D eigenvalue weighted by molar-refractivity contribution is 5.39. The lowest BCUT2D eigenvalue weighted by Crippen LogP contribution is -2.45. The van der Waals surface area contributed by atoms with Crippen molar-refractivity contribution in [2.75, 3.05) is 38.2 Å². The zero-order chi connectivity index (χ0) is 17.9. The minimum atomic E-state index is -0.125. The van der Waals surface area contributed by atoms with Crippen LogP contribution in [0.2, 0.25) is 0 Å². The van der Waals surface area contributed by atoms with E-state index in [9.17, 15) is 4.79 Å². The third kappa shape index (κ3) is 3.73. The summed E-state index contributed by atoms with van der Waals surface area (Å²) in [4.78, 5) is 18.5. The SMILES string of the molecule is Cn1ccnc(NC[C@H]2CN(Cc3ccc4c(c3)CCO4)CCO2)c1=O. The maximum atomic E-state index is 12.0. The first-order valence-electron chi connectivity index (χ1n) is 9.03. The molecule has 0 spiro atoms. The summed E-state index contributed by atoms with van der Waals surface area (Å²) < 4.78 is 12.9. The number of aromatic nitrogens is 2. The number of hydrogen-bond acceptors (Lipinski definition) is 6. The second-order valence-electron chi connectivity index (χ2n) is 6.84. The minimum absolute atomic E-state index is 0.0354. The molecule has 1 N–H and O–H groups in total. The zero-order valence-corrected chi connectivity index (χ0v) is 15.0. The molecule has 2 aliphatic rings. The number of rotatable bonds is 5. The molecule has 0 amide bonds. The van der Waals surface area contributed by atoms with Gasteiger partial charge in [-0.05, 0) is 17.2 Å². The highest BCUT2D eigenvalue weighted by Crippen LogP contribution is 2.26. The van der Waals surface area contributed by atoms with Gasteiger partial charge in [0.15, 0.2) is 5.82 Å². The highest BCUT2D eigenvalue weighted by Gasteiger charge is 2.21. The monoisotopic (exact) mass is 356 g/mol. The van der Waals surface area contributed by atoms with Gasteiger partial charge in [0.2, 0.25) is 0 Å². The topological polar surface area (TPSA) is 68.6 Å². The predicted molar refractivity (Wildman–Crippen MR) is 98.6 cm³/mol. The van der Waals surface area contributed by atoms with Gasteiger partial charge in [-0.1, -0.05) is 12.1 Å².